The molecular formula is C19H28BrFN2O2. The van der Waals surface area contributed by atoms with Gasteiger partial charge in [0, 0.05) is 37.2 Å². The summed E-state index contributed by atoms with van der Waals surface area (Å²) in [4.78, 5) is 16.2. The highest BCUT2D eigenvalue weighted by atomic mass is 79.9. The lowest BCUT2D eigenvalue weighted by atomic mass is 10.0. The number of likely N-dealkylation sites (tertiary alicyclic amines) is 1. The van der Waals surface area contributed by atoms with Gasteiger partial charge in [0.15, 0.2) is 0 Å². The SMILES string of the molecule is Cc1cc(Br)c(CN2CCC(N(C)C(=O)OC(C)(C)C)CC2)cc1F. The number of nitrogens with zero attached hydrogens (tertiary/aromatic N) is 2. The first-order valence-electron chi connectivity index (χ1n) is 8.69. The number of hydrogen-bond donors (Lipinski definition) is 0. The summed E-state index contributed by atoms with van der Waals surface area (Å²) in [5.74, 6) is -0.169. The molecule has 1 aromatic carbocycles. The first kappa shape index (κ1) is 20.2. The molecule has 1 saturated heterocycles. The minimum absolute atomic E-state index is 0.169. The molecule has 140 valence electrons. The van der Waals surface area contributed by atoms with E-state index in [4.69, 9.17) is 4.74 Å². The van der Waals surface area contributed by atoms with E-state index in [1.807, 2.05) is 26.8 Å². The van der Waals surface area contributed by atoms with Gasteiger partial charge in [-0.3, -0.25) is 4.90 Å². The summed E-state index contributed by atoms with van der Waals surface area (Å²) >= 11 is 3.53. The van der Waals surface area contributed by atoms with Crippen molar-refractivity contribution in [2.24, 2.45) is 0 Å². The first-order chi connectivity index (χ1) is 11.6. The molecule has 0 radical (unpaired) electrons. The van der Waals surface area contributed by atoms with Crippen LogP contribution in [0, 0.1) is 12.7 Å². The summed E-state index contributed by atoms with van der Waals surface area (Å²) in [6.07, 6.45) is 1.51. The van der Waals surface area contributed by atoms with Crippen LogP contribution in [0.1, 0.15) is 44.7 Å². The number of carbonyl (C=O) groups excluding carboxylic acids is 1. The molecule has 1 aliphatic heterocycles. The van der Waals surface area contributed by atoms with Crippen molar-refractivity contribution in [3.05, 3.63) is 33.5 Å². The number of rotatable bonds is 3. The van der Waals surface area contributed by atoms with Gasteiger partial charge in [-0.05, 0) is 63.8 Å². The van der Waals surface area contributed by atoms with Crippen LogP contribution in [0.4, 0.5) is 9.18 Å². The van der Waals surface area contributed by atoms with Gasteiger partial charge < -0.3 is 9.64 Å². The van der Waals surface area contributed by atoms with Crippen LogP contribution in [-0.2, 0) is 11.3 Å². The van der Waals surface area contributed by atoms with Crippen LogP contribution in [0.25, 0.3) is 0 Å². The van der Waals surface area contributed by atoms with Crippen LogP contribution in [0.15, 0.2) is 16.6 Å². The van der Waals surface area contributed by atoms with E-state index in [0.29, 0.717) is 12.1 Å². The fraction of sp³-hybridized carbons (Fsp3) is 0.632. The molecule has 0 unspecified atom stereocenters. The molecule has 1 fully saturated rings. The highest BCUT2D eigenvalue weighted by Crippen LogP contribution is 2.25. The maximum absolute atomic E-state index is 13.8. The van der Waals surface area contributed by atoms with Gasteiger partial charge in [-0.1, -0.05) is 15.9 Å². The molecule has 1 amide bonds. The number of benzene rings is 1. The van der Waals surface area contributed by atoms with Gasteiger partial charge in [-0.25, -0.2) is 9.18 Å². The summed E-state index contributed by atoms with van der Waals surface area (Å²) in [6, 6.07) is 3.62. The average molecular weight is 415 g/mol. The third kappa shape index (κ3) is 5.68. The minimum atomic E-state index is -0.478. The Morgan fingerprint density at radius 1 is 1.36 bits per heavy atom. The Morgan fingerprint density at radius 2 is 1.96 bits per heavy atom. The van der Waals surface area contributed by atoms with E-state index >= 15 is 0 Å². The van der Waals surface area contributed by atoms with Crippen molar-refractivity contribution < 1.29 is 13.9 Å². The van der Waals surface area contributed by atoms with Crippen LogP contribution in [0.2, 0.25) is 0 Å². The Bertz CT molecular complexity index is 623. The molecule has 0 aliphatic carbocycles. The summed E-state index contributed by atoms with van der Waals surface area (Å²) in [5.41, 5.74) is 1.13. The van der Waals surface area contributed by atoms with Crippen molar-refractivity contribution in [2.45, 2.75) is 58.7 Å². The van der Waals surface area contributed by atoms with Gasteiger partial charge in [0.1, 0.15) is 11.4 Å². The van der Waals surface area contributed by atoms with Crippen LogP contribution < -0.4 is 0 Å². The zero-order valence-corrected chi connectivity index (χ0v) is 17.3. The molecule has 2 rings (SSSR count). The molecule has 0 atom stereocenters. The average Bonchev–Trinajstić information content (AvgIpc) is 2.51. The number of aryl methyl sites for hydroxylation is 1. The van der Waals surface area contributed by atoms with Crippen molar-refractivity contribution >= 4 is 22.0 Å². The second-order valence-electron chi connectivity index (χ2n) is 7.79. The number of ether oxygens (including phenoxy) is 1. The predicted octanol–water partition coefficient (Wildman–Crippen LogP) is 4.73. The number of carbonyl (C=O) groups is 1. The van der Waals surface area contributed by atoms with Crippen molar-refractivity contribution in [1.29, 1.82) is 0 Å². The molecule has 25 heavy (non-hydrogen) atoms. The van der Waals surface area contributed by atoms with Crippen LogP contribution in [0.3, 0.4) is 0 Å². The zero-order chi connectivity index (χ0) is 18.8. The van der Waals surface area contributed by atoms with E-state index in [9.17, 15) is 9.18 Å². The molecule has 0 aromatic heterocycles. The van der Waals surface area contributed by atoms with Crippen LogP contribution in [0.5, 0.6) is 0 Å². The number of amides is 1. The van der Waals surface area contributed by atoms with Gasteiger partial charge >= 0.3 is 6.09 Å². The molecule has 0 spiro atoms. The second kappa shape index (κ2) is 8.04. The Hall–Kier alpha value is -1.14. The molecule has 1 heterocycles. The number of halogens is 2. The zero-order valence-electron chi connectivity index (χ0n) is 15.7. The summed E-state index contributed by atoms with van der Waals surface area (Å²) in [7, 11) is 1.81. The van der Waals surface area contributed by atoms with Crippen molar-refractivity contribution in [3.8, 4) is 0 Å². The van der Waals surface area contributed by atoms with Gasteiger partial charge in [-0.2, -0.15) is 0 Å². The second-order valence-corrected chi connectivity index (χ2v) is 8.65. The maximum Gasteiger partial charge on any atom is 0.410 e. The van der Waals surface area contributed by atoms with Gasteiger partial charge in [0.05, 0.1) is 0 Å². The predicted molar refractivity (Wildman–Crippen MR) is 101 cm³/mol. The Kier molecular flexibility index (Phi) is 6.49. The van der Waals surface area contributed by atoms with Crippen molar-refractivity contribution in [2.75, 3.05) is 20.1 Å². The number of hydrogen-bond acceptors (Lipinski definition) is 3. The molecule has 4 nitrogen and oxygen atoms in total. The monoisotopic (exact) mass is 414 g/mol. The van der Waals surface area contributed by atoms with E-state index in [2.05, 4.69) is 20.8 Å². The van der Waals surface area contributed by atoms with Gasteiger partial charge in [-0.15, -0.1) is 0 Å². The summed E-state index contributed by atoms with van der Waals surface area (Å²) < 4.78 is 20.2. The Balaban J connectivity index is 1.89. The van der Waals surface area contributed by atoms with Crippen LogP contribution >= 0.6 is 15.9 Å². The lowest BCUT2D eigenvalue weighted by molar-refractivity contribution is 0.0149. The topological polar surface area (TPSA) is 32.8 Å². The third-order valence-corrected chi connectivity index (χ3v) is 5.25. The van der Waals surface area contributed by atoms with E-state index in [1.54, 1.807) is 24.9 Å². The Labute approximate surface area is 158 Å². The quantitative estimate of drug-likeness (QED) is 0.716. The van der Waals surface area contributed by atoms with E-state index in [-0.39, 0.29) is 18.0 Å². The van der Waals surface area contributed by atoms with Crippen LogP contribution in [-0.4, -0.2) is 47.7 Å². The molecular weight excluding hydrogens is 387 g/mol. The molecule has 1 aliphatic rings. The standard InChI is InChI=1S/C19H28BrFN2O2/c1-13-10-16(20)14(11-17(13)21)12-23-8-6-15(7-9-23)22(5)18(24)25-19(2,3)4/h10-11,15H,6-9,12H2,1-5H3. The van der Waals surface area contributed by atoms with Gasteiger partial charge in [0.25, 0.3) is 0 Å². The molecule has 6 heteroatoms. The highest BCUT2D eigenvalue weighted by molar-refractivity contribution is 9.10. The fourth-order valence-electron chi connectivity index (χ4n) is 3.00. The lowest BCUT2D eigenvalue weighted by Crippen LogP contribution is -2.46. The van der Waals surface area contributed by atoms with Gasteiger partial charge in [0.2, 0.25) is 0 Å². The molecule has 1 aromatic rings. The minimum Gasteiger partial charge on any atom is -0.444 e. The molecule has 0 N–H and O–H groups in total. The smallest absolute Gasteiger partial charge is 0.410 e. The maximum atomic E-state index is 13.8. The Morgan fingerprint density at radius 3 is 2.52 bits per heavy atom. The largest absolute Gasteiger partial charge is 0.444 e. The first-order valence-corrected chi connectivity index (χ1v) is 9.49. The summed E-state index contributed by atoms with van der Waals surface area (Å²) in [5, 5.41) is 0. The third-order valence-electron chi connectivity index (χ3n) is 4.51. The van der Waals surface area contributed by atoms with Crippen molar-refractivity contribution in [3.63, 3.8) is 0 Å². The fourth-order valence-corrected chi connectivity index (χ4v) is 3.58. The van der Waals surface area contributed by atoms with Crippen molar-refractivity contribution in [1.82, 2.24) is 9.80 Å². The lowest BCUT2D eigenvalue weighted by Gasteiger charge is -2.37. The highest BCUT2D eigenvalue weighted by Gasteiger charge is 2.28. The molecule has 0 saturated carbocycles. The summed E-state index contributed by atoms with van der Waals surface area (Å²) in [6.45, 7) is 9.85. The van der Waals surface area contributed by atoms with E-state index in [1.165, 1.54) is 0 Å². The normalized spacial score (nSPS) is 16.8. The van der Waals surface area contributed by atoms with E-state index < -0.39 is 5.60 Å². The van der Waals surface area contributed by atoms with E-state index in [0.717, 1.165) is 36.0 Å². The molecule has 0 bridgehead atoms. The number of piperidine rings is 1.